The first-order chi connectivity index (χ1) is 8.79. The molecule has 0 aromatic carbocycles. The molecule has 0 fully saturated rings. The first kappa shape index (κ1) is 19.7. The van der Waals surface area contributed by atoms with E-state index in [-0.39, 0.29) is 5.83 Å². The lowest BCUT2D eigenvalue weighted by Crippen LogP contribution is -1.82. The van der Waals surface area contributed by atoms with Gasteiger partial charge in [0.1, 0.15) is 5.83 Å². The molecule has 0 amide bonds. The molecule has 1 heteroatoms. The summed E-state index contributed by atoms with van der Waals surface area (Å²) in [5.74, 6) is -0.367. The van der Waals surface area contributed by atoms with E-state index >= 15 is 0 Å². The number of hydrogen-bond acceptors (Lipinski definition) is 0. The summed E-state index contributed by atoms with van der Waals surface area (Å²) in [5.41, 5.74) is 2.60. The van der Waals surface area contributed by atoms with Crippen LogP contribution in [-0.4, -0.2) is 0 Å². The Hall–Kier alpha value is -1.63. The van der Waals surface area contributed by atoms with Crippen molar-refractivity contribution in [2.24, 2.45) is 0 Å². The highest BCUT2D eigenvalue weighted by atomic mass is 19.1. The van der Waals surface area contributed by atoms with Crippen LogP contribution >= 0.6 is 0 Å². The smallest absolute Gasteiger partial charge is 0.126 e. The van der Waals surface area contributed by atoms with Gasteiger partial charge in [0.15, 0.2) is 0 Å². The molecule has 0 atom stereocenters. The largest absolute Gasteiger partial charge is 0.207 e. The molecule has 0 spiro atoms. The fraction of sp³-hybridized carbons (Fsp3) is 0.333. The van der Waals surface area contributed by atoms with Gasteiger partial charge in [0.05, 0.1) is 0 Å². The minimum atomic E-state index is -0.367. The predicted octanol–water partition coefficient (Wildman–Crippen LogP) is 6.47. The highest BCUT2D eigenvalue weighted by molar-refractivity contribution is 5.46. The monoisotopic (exact) mass is 262 g/mol. The van der Waals surface area contributed by atoms with Gasteiger partial charge in [0, 0.05) is 0 Å². The lowest BCUT2D eigenvalue weighted by molar-refractivity contribution is 0.652. The molecule has 0 aromatic heterocycles. The summed E-state index contributed by atoms with van der Waals surface area (Å²) in [7, 11) is 0. The summed E-state index contributed by atoms with van der Waals surface area (Å²) in [6.45, 7) is 22.8. The molecule has 0 aliphatic rings. The standard InChI is InChI=1S/C15H19F.C3H8/c1-7-12(4)8-9-13(5)14(6)10-15(16)11(2)3;1-3-2/h8-10H,2,4-7H2,1,3H3;3H2,1-2H3/b9-8-,15-10+;. The van der Waals surface area contributed by atoms with Gasteiger partial charge in [-0.1, -0.05) is 71.2 Å². The van der Waals surface area contributed by atoms with Crippen molar-refractivity contribution in [1.29, 1.82) is 0 Å². The topological polar surface area (TPSA) is 0 Å². The van der Waals surface area contributed by atoms with Crippen LogP contribution in [0.15, 0.2) is 72.7 Å². The van der Waals surface area contributed by atoms with Crippen LogP contribution in [0.1, 0.15) is 40.5 Å². The SMILES string of the molecule is C=C(/C=C\C(=C)C(=C)/C=C(/F)C(=C)C)CC.CCC. The maximum absolute atomic E-state index is 13.2. The fourth-order valence-corrected chi connectivity index (χ4v) is 0.812. The Morgan fingerprint density at radius 3 is 1.79 bits per heavy atom. The van der Waals surface area contributed by atoms with E-state index in [0.29, 0.717) is 16.7 Å². The molecule has 0 bridgehead atoms. The van der Waals surface area contributed by atoms with Crippen LogP contribution in [0.2, 0.25) is 0 Å². The number of halogens is 1. The normalized spacial score (nSPS) is 10.7. The Bertz CT molecular complexity index is 392. The van der Waals surface area contributed by atoms with Gasteiger partial charge in [-0.15, -0.1) is 0 Å². The van der Waals surface area contributed by atoms with E-state index in [2.05, 4.69) is 40.2 Å². The Balaban J connectivity index is 0. The molecule has 0 saturated carbocycles. The third-order valence-electron chi connectivity index (χ3n) is 2.10. The molecule has 0 radical (unpaired) electrons. The molecule has 0 aliphatic carbocycles. The van der Waals surface area contributed by atoms with Crippen molar-refractivity contribution in [2.75, 3.05) is 0 Å². The second-order valence-corrected chi connectivity index (χ2v) is 4.38. The van der Waals surface area contributed by atoms with Crippen molar-refractivity contribution in [3.63, 3.8) is 0 Å². The molecular weight excluding hydrogens is 235 g/mol. The molecule has 0 nitrogen and oxygen atoms in total. The van der Waals surface area contributed by atoms with Crippen molar-refractivity contribution >= 4 is 0 Å². The van der Waals surface area contributed by atoms with Gasteiger partial charge >= 0.3 is 0 Å². The van der Waals surface area contributed by atoms with E-state index in [0.717, 1.165) is 12.0 Å². The van der Waals surface area contributed by atoms with Crippen LogP contribution in [-0.2, 0) is 0 Å². The number of rotatable bonds is 6. The van der Waals surface area contributed by atoms with Crippen molar-refractivity contribution in [3.05, 3.63) is 72.7 Å². The zero-order chi connectivity index (χ0) is 15.4. The third-order valence-corrected chi connectivity index (χ3v) is 2.10. The molecule has 0 N–H and O–H groups in total. The lowest BCUT2D eigenvalue weighted by atomic mass is 10.1. The van der Waals surface area contributed by atoms with Crippen LogP contribution in [0, 0.1) is 0 Å². The second-order valence-electron chi connectivity index (χ2n) is 4.38. The van der Waals surface area contributed by atoms with Crippen LogP contribution in [0.25, 0.3) is 0 Å². The van der Waals surface area contributed by atoms with Crippen LogP contribution < -0.4 is 0 Å². The molecule has 0 aliphatic heterocycles. The fourth-order valence-electron chi connectivity index (χ4n) is 0.812. The highest BCUT2D eigenvalue weighted by Crippen LogP contribution is 2.16. The van der Waals surface area contributed by atoms with Gasteiger partial charge in [-0.2, -0.15) is 0 Å². The van der Waals surface area contributed by atoms with Gasteiger partial charge in [0.25, 0.3) is 0 Å². The van der Waals surface area contributed by atoms with Gasteiger partial charge in [-0.25, -0.2) is 4.39 Å². The molecule has 0 unspecified atom stereocenters. The van der Waals surface area contributed by atoms with E-state index in [9.17, 15) is 4.39 Å². The minimum Gasteiger partial charge on any atom is -0.207 e. The van der Waals surface area contributed by atoms with Crippen molar-refractivity contribution in [2.45, 2.75) is 40.5 Å². The average Bonchev–Trinajstić information content (AvgIpc) is 2.35. The van der Waals surface area contributed by atoms with Crippen molar-refractivity contribution in [3.8, 4) is 0 Å². The first-order valence-corrected chi connectivity index (χ1v) is 6.57. The highest BCUT2D eigenvalue weighted by Gasteiger charge is 1.98. The third kappa shape index (κ3) is 11.2. The molecule has 0 aromatic rings. The van der Waals surface area contributed by atoms with Gasteiger partial charge in [-0.3, -0.25) is 0 Å². The number of allylic oxidation sites excluding steroid dienone is 8. The Morgan fingerprint density at radius 2 is 1.42 bits per heavy atom. The molecular formula is C18H27F. The lowest BCUT2D eigenvalue weighted by Gasteiger charge is -2.01. The van der Waals surface area contributed by atoms with Gasteiger partial charge in [-0.05, 0) is 36.1 Å². The summed E-state index contributed by atoms with van der Waals surface area (Å²) in [5, 5.41) is 0. The molecule has 0 rings (SSSR count). The van der Waals surface area contributed by atoms with Crippen LogP contribution in [0.3, 0.4) is 0 Å². The molecule has 106 valence electrons. The second kappa shape index (κ2) is 11.5. The van der Waals surface area contributed by atoms with Crippen LogP contribution in [0.5, 0.6) is 0 Å². The van der Waals surface area contributed by atoms with E-state index in [1.807, 2.05) is 13.0 Å². The van der Waals surface area contributed by atoms with E-state index < -0.39 is 0 Å². The van der Waals surface area contributed by atoms with E-state index in [1.54, 1.807) is 13.0 Å². The zero-order valence-electron chi connectivity index (χ0n) is 12.9. The summed E-state index contributed by atoms with van der Waals surface area (Å²) in [6, 6.07) is 0. The van der Waals surface area contributed by atoms with E-state index in [4.69, 9.17) is 0 Å². The number of hydrogen-bond donors (Lipinski definition) is 0. The summed E-state index contributed by atoms with van der Waals surface area (Å²) in [6.07, 6.45) is 7.12. The summed E-state index contributed by atoms with van der Waals surface area (Å²) >= 11 is 0. The minimum absolute atomic E-state index is 0.367. The van der Waals surface area contributed by atoms with Gasteiger partial charge < -0.3 is 0 Å². The summed E-state index contributed by atoms with van der Waals surface area (Å²) < 4.78 is 13.2. The van der Waals surface area contributed by atoms with Gasteiger partial charge in [0.2, 0.25) is 0 Å². The van der Waals surface area contributed by atoms with Crippen molar-refractivity contribution in [1.82, 2.24) is 0 Å². The first-order valence-electron chi connectivity index (χ1n) is 6.57. The molecule has 0 heterocycles. The molecule has 19 heavy (non-hydrogen) atoms. The zero-order valence-corrected chi connectivity index (χ0v) is 12.9. The van der Waals surface area contributed by atoms with Crippen LogP contribution in [0.4, 0.5) is 4.39 Å². The Morgan fingerprint density at radius 1 is 0.947 bits per heavy atom. The Kier molecular flexibility index (Phi) is 11.9. The predicted molar refractivity (Wildman–Crippen MR) is 86.8 cm³/mol. The average molecular weight is 262 g/mol. The Labute approximate surface area is 118 Å². The van der Waals surface area contributed by atoms with Crippen molar-refractivity contribution < 1.29 is 4.39 Å². The van der Waals surface area contributed by atoms with E-state index in [1.165, 1.54) is 12.5 Å². The molecule has 0 saturated heterocycles. The maximum Gasteiger partial charge on any atom is 0.126 e. The quantitative estimate of drug-likeness (QED) is 0.481. The summed E-state index contributed by atoms with van der Waals surface area (Å²) in [4.78, 5) is 0. The maximum atomic E-state index is 13.2.